The molecule has 5 nitrogen and oxygen atoms in total. The lowest BCUT2D eigenvalue weighted by molar-refractivity contribution is -0.114. The first-order valence-electron chi connectivity index (χ1n) is 6.26. The summed E-state index contributed by atoms with van der Waals surface area (Å²) in [5.41, 5.74) is 2.18. The van der Waals surface area contributed by atoms with Crippen LogP contribution < -0.4 is 10.6 Å². The van der Waals surface area contributed by atoms with Crippen LogP contribution in [0.5, 0.6) is 0 Å². The first kappa shape index (κ1) is 13.9. The van der Waals surface area contributed by atoms with Gasteiger partial charge < -0.3 is 9.73 Å². The van der Waals surface area contributed by atoms with Crippen molar-refractivity contribution in [2.75, 3.05) is 5.32 Å². The van der Waals surface area contributed by atoms with Crippen LogP contribution in [-0.4, -0.2) is 11.8 Å². The van der Waals surface area contributed by atoms with Gasteiger partial charge in [0.1, 0.15) is 0 Å². The van der Waals surface area contributed by atoms with Crippen LogP contribution in [0.25, 0.3) is 0 Å². The summed E-state index contributed by atoms with van der Waals surface area (Å²) in [6.07, 6.45) is 0. The van der Waals surface area contributed by atoms with E-state index in [2.05, 4.69) is 10.6 Å². The smallest absolute Gasteiger partial charge is 0.287 e. The molecule has 0 saturated carbocycles. The number of hydrogen-bond donors (Lipinski definition) is 2. The highest BCUT2D eigenvalue weighted by molar-refractivity contribution is 5.93. The third-order valence-corrected chi connectivity index (χ3v) is 2.70. The Morgan fingerprint density at radius 2 is 1.80 bits per heavy atom. The fraction of sp³-hybridized carbons (Fsp3) is 0.200. The summed E-state index contributed by atoms with van der Waals surface area (Å²) in [7, 11) is 0. The molecule has 0 spiro atoms. The molecule has 2 aromatic rings. The minimum absolute atomic E-state index is 0.167. The molecule has 2 N–H and O–H groups in total. The Morgan fingerprint density at radius 3 is 2.45 bits per heavy atom. The molecule has 0 fully saturated rings. The predicted molar refractivity (Wildman–Crippen MR) is 75.4 cm³/mol. The predicted octanol–water partition coefficient (Wildman–Crippen LogP) is 2.48. The maximum atomic E-state index is 11.9. The summed E-state index contributed by atoms with van der Waals surface area (Å²) in [5, 5.41) is 5.23. The second-order valence-electron chi connectivity index (χ2n) is 4.51. The van der Waals surface area contributed by atoms with Crippen LogP contribution in [0.2, 0.25) is 0 Å². The largest absolute Gasteiger partial charge is 0.435 e. The van der Waals surface area contributed by atoms with Crippen LogP contribution in [0, 0.1) is 6.92 Å². The number of anilines is 1. The molecule has 0 aliphatic heterocycles. The second-order valence-corrected chi connectivity index (χ2v) is 4.51. The van der Waals surface area contributed by atoms with Gasteiger partial charge in [-0.15, -0.1) is 0 Å². The molecule has 1 aromatic carbocycles. The lowest BCUT2D eigenvalue weighted by Gasteiger charge is -2.04. The van der Waals surface area contributed by atoms with E-state index in [1.54, 1.807) is 6.07 Å². The third kappa shape index (κ3) is 3.71. The SMILES string of the molecule is CC(=O)Nc1ccc(C(=O)NCc2ccc(C)cc2)o1. The quantitative estimate of drug-likeness (QED) is 0.898. The minimum Gasteiger partial charge on any atom is -0.435 e. The van der Waals surface area contributed by atoms with Crippen molar-refractivity contribution in [2.24, 2.45) is 0 Å². The van der Waals surface area contributed by atoms with Crippen molar-refractivity contribution in [3.63, 3.8) is 0 Å². The Bertz CT molecular complexity index is 614. The molecule has 2 amide bonds. The lowest BCUT2D eigenvalue weighted by atomic mass is 10.1. The molecule has 0 atom stereocenters. The standard InChI is InChI=1S/C15H16N2O3/c1-10-3-5-12(6-4-10)9-16-15(19)13-7-8-14(20-13)17-11(2)18/h3-8H,9H2,1-2H3,(H,16,19)(H,17,18). The summed E-state index contributed by atoms with van der Waals surface area (Å²) in [6, 6.07) is 11.0. The average Bonchev–Trinajstić information content (AvgIpc) is 2.85. The number of amides is 2. The monoisotopic (exact) mass is 272 g/mol. The highest BCUT2D eigenvalue weighted by Crippen LogP contribution is 2.13. The molecule has 104 valence electrons. The number of hydrogen-bond acceptors (Lipinski definition) is 3. The number of carbonyl (C=O) groups is 2. The fourth-order valence-electron chi connectivity index (χ4n) is 1.68. The van der Waals surface area contributed by atoms with Crippen molar-refractivity contribution in [1.82, 2.24) is 5.32 Å². The number of benzene rings is 1. The fourth-order valence-corrected chi connectivity index (χ4v) is 1.68. The third-order valence-electron chi connectivity index (χ3n) is 2.70. The summed E-state index contributed by atoms with van der Waals surface area (Å²) in [5.74, 6) is -0.132. The van der Waals surface area contributed by atoms with Gasteiger partial charge in [-0.1, -0.05) is 29.8 Å². The number of rotatable bonds is 4. The van der Waals surface area contributed by atoms with Gasteiger partial charge in [-0.3, -0.25) is 14.9 Å². The summed E-state index contributed by atoms with van der Waals surface area (Å²) in [4.78, 5) is 22.7. The van der Waals surface area contributed by atoms with E-state index in [-0.39, 0.29) is 23.5 Å². The van der Waals surface area contributed by atoms with Crippen molar-refractivity contribution >= 4 is 17.7 Å². The molecule has 2 rings (SSSR count). The molecule has 5 heteroatoms. The Morgan fingerprint density at radius 1 is 1.10 bits per heavy atom. The molecule has 0 unspecified atom stereocenters. The van der Waals surface area contributed by atoms with E-state index in [1.165, 1.54) is 18.6 Å². The van der Waals surface area contributed by atoms with Gasteiger partial charge in [-0.2, -0.15) is 0 Å². The average molecular weight is 272 g/mol. The Kier molecular flexibility index (Phi) is 4.20. The Balaban J connectivity index is 1.93. The summed E-state index contributed by atoms with van der Waals surface area (Å²) < 4.78 is 5.22. The Labute approximate surface area is 117 Å². The van der Waals surface area contributed by atoms with Crippen LogP contribution in [0.4, 0.5) is 5.88 Å². The van der Waals surface area contributed by atoms with Crippen molar-refractivity contribution in [3.8, 4) is 0 Å². The van der Waals surface area contributed by atoms with Gasteiger partial charge in [0.15, 0.2) is 11.6 Å². The maximum absolute atomic E-state index is 11.9. The Hall–Kier alpha value is -2.56. The molecule has 1 heterocycles. The molecule has 0 saturated heterocycles. The highest BCUT2D eigenvalue weighted by atomic mass is 16.4. The number of carbonyl (C=O) groups excluding carboxylic acids is 2. The van der Waals surface area contributed by atoms with E-state index in [0.717, 1.165) is 5.56 Å². The zero-order valence-corrected chi connectivity index (χ0v) is 11.4. The van der Waals surface area contributed by atoms with Gasteiger partial charge in [0.05, 0.1) is 0 Å². The summed E-state index contributed by atoms with van der Waals surface area (Å²) in [6.45, 7) is 3.81. The van der Waals surface area contributed by atoms with Gasteiger partial charge in [0, 0.05) is 19.5 Å². The van der Waals surface area contributed by atoms with E-state index in [1.807, 2.05) is 31.2 Å². The van der Waals surface area contributed by atoms with Crippen LogP contribution in [0.1, 0.15) is 28.6 Å². The van der Waals surface area contributed by atoms with Gasteiger partial charge in [0.2, 0.25) is 5.91 Å². The van der Waals surface area contributed by atoms with Crippen LogP contribution in [-0.2, 0) is 11.3 Å². The van der Waals surface area contributed by atoms with Crippen LogP contribution in [0.15, 0.2) is 40.8 Å². The van der Waals surface area contributed by atoms with E-state index in [9.17, 15) is 9.59 Å². The molecule has 0 aliphatic carbocycles. The van der Waals surface area contributed by atoms with Crippen molar-refractivity contribution < 1.29 is 14.0 Å². The zero-order chi connectivity index (χ0) is 14.5. The second kappa shape index (κ2) is 6.06. The highest BCUT2D eigenvalue weighted by Gasteiger charge is 2.11. The van der Waals surface area contributed by atoms with E-state index in [4.69, 9.17) is 4.42 Å². The molecule has 20 heavy (non-hydrogen) atoms. The molecular formula is C15H16N2O3. The minimum atomic E-state index is -0.317. The van der Waals surface area contributed by atoms with Gasteiger partial charge in [0.25, 0.3) is 5.91 Å². The normalized spacial score (nSPS) is 10.1. The zero-order valence-electron chi connectivity index (χ0n) is 11.4. The number of furan rings is 1. The van der Waals surface area contributed by atoms with Crippen molar-refractivity contribution in [3.05, 3.63) is 53.3 Å². The van der Waals surface area contributed by atoms with Crippen LogP contribution in [0.3, 0.4) is 0 Å². The molecule has 1 aromatic heterocycles. The first-order valence-corrected chi connectivity index (χ1v) is 6.26. The van der Waals surface area contributed by atoms with E-state index < -0.39 is 0 Å². The molecule has 0 radical (unpaired) electrons. The first-order chi connectivity index (χ1) is 9.54. The van der Waals surface area contributed by atoms with Crippen molar-refractivity contribution in [2.45, 2.75) is 20.4 Å². The lowest BCUT2D eigenvalue weighted by Crippen LogP contribution is -2.22. The van der Waals surface area contributed by atoms with Gasteiger partial charge >= 0.3 is 0 Å². The van der Waals surface area contributed by atoms with Crippen molar-refractivity contribution in [1.29, 1.82) is 0 Å². The summed E-state index contributed by atoms with van der Waals surface area (Å²) >= 11 is 0. The van der Waals surface area contributed by atoms with E-state index >= 15 is 0 Å². The molecule has 0 bridgehead atoms. The number of aryl methyl sites for hydroxylation is 1. The topological polar surface area (TPSA) is 71.3 Å². The molecular weight excluding hydrogens is 256 g/mol. The molecule has 0 aliphatic rings. The van der Waals surface area contributed by atoms with Crippen LogP contribution >= 0.6 is 0 Å². The maximum Gasteiger partial charge on any atom is 0.287 e. The van der Waals surface area contributed by atoms with E-state index in [0.29, 0.717) is 6.54 Å². The number of nitrogens with one attached hydrogen (secondary N) is 2. The van der Waals surface area contributed by atoms with Gasteiger partial charge in [-0.05, 0) is 18.6 Å². The van der Waals surface area contributed by atoms with Gasteiger partial charge in [-0.25, -0.2) is 0 Å².